The number of ether oxygens (including phenoxy) is 1. The van der Waals surface area contributed by atoms with Crippen LogP contribution < -0.4 is 11.0 Å². The molecule has 5 rings (SSSR count). The van der Waals surface area contributed by atoms with Gasteiger partial charge in [-0.05, 0) is 49.7 Å². The number of carbonyl (C=O) groups is 1. The van der Waals surface area contributed by atoms with E-state index in [1.54, 1.807) is 55.8 Å². The number of methoxy groups -OCH3 is 1. The van der Waals surface area contributed by atoms with Crippen molar-refractivity contribution >= 4 is 33.3 Å². The largest absolute Gasteiger partial charge is 0.416 e. The third-order valence-corrected chi connectivity index (χ3v) is 7.09. The number of anilines is 1. The summed E-state index contributed by atoms with van der Waals surface area (Å²) in [6, 6.07) is 10.5. The number of carbonyl (C=O) groups excluding carboxylic acids is 1. The van der Waals surface area contributed by atoms with Crippen molar-refractivity contribution in [1.82, 2.24) is 29.1 Å². The first-order valence-corrected chi connectivity index (χ1v) is 12.9. The van der Waals surface area contributed by atoms with Crippen LogP contribution in [0.25, 0.3) is 27.8 Å². The van der Waals surface area contributed by atoms with Gasteiger partial charge in [0.25, 0.3) is 5.91 Å². The average Bonchev–Trinajstić information content (AvgIpc) is 3.56. The van der Waals surface area contributed by atoms with Crippen LogP contribution in [0.3, 0.4) is 0 Å². The Balaban J connectivity index is 1.67. The molecule has 1 N–H and O–H groups in total. The Hall–Kier alpha value is -4.30. The quantitative estimate of drug-likeness (QED) is 0.306. The van der Waals surface area contributed by atoms with Gasteiger partial charge in [-0.25, -0.2) is 14.0 Å². The number of alkyl halides is 3. The zero-order valence-electron chi connectivity index (χ0n) is 21.9. The van der Waals surface area contributed by atoms with Crippen LogP contribution in [0.5, 0.6) is 0 Å². The molecule has 2 aromatic carbocycles. The number of aromatic nitrogens is 6. The molecule has 10 nitrogen and oxygen atoms in total. The molecule has 3 heterocycles. The molecular weight excluding hydrogens is 547 g/mol. The van der Waals surface area contributed by atoms with E-state index in [1.165, 1.54) is 16.4 Å². The number of benzene rings is 2. The predicted octanol–water partition coefficient (Wildman–Crippen LogP) is 4.58. The number of halogens is 3. The summed E-state index contributed by atoms with van der Waals surface area (Å²) in [5, 5.41) is 15.4. The molecule has 0 saturated heterocycles. The number of fused-ring (bicyclic) bond motifs is 1. The molecule has 5 aromatic rings. The number of nitrogens with zero attached hydrogens (tertiary/aromatic N) is 6. The topological polar surface area (TPSA) is 109 Å². The number of hydrogen-bond donors (Lipinski definition) is 1. The molecule has 0 fully saturated rings. The molecule has 0 radical (unpaired) electrons. The molecular formula is C26H24F3N7O3S. The number of nitrogens with one attached hydrogen (secondary N) is 1. The molecule has 0 atom stereocenters. The van der Waals surface area contributed by atoms with Crippen LogP contribution in [0.15, 0.2) is 47.3 Å². The Morgan fingerprint density at radius 2 is 1.82 bits per heavy atom. The van der Waals surface area contributed by atoms with Gasteiger partial charge in [-0.2, -0.15) is 18.3 Å². The number of aryl methyl sites for hydroxylation is 3. The van der Waals surface area contributed by atoms with Crippen molar-refractivity contribution in [1.29, 1.82) is 0 Å². The number of rotatable bonds is 7. The average molecular weight is 572 g/mol. The Kier molecular flexibility index (Phi) is 7.06. The van der Waals surface area contributed by atoms with E-state index in [1.807, 2.05) is 0 Å². The lowest BCUT2D eigenvalue weighted by molar-refractivity contribution is -0.137. The summed E-state index contributed by atoms with van der Waals surface area (Å²) in [6.07, 6.45) is -4.67. The summed E-state index contributed by atoms with van der Waals surface area (Å²) >= 11 is 1.12. The zero-order chi connectivity index (χ0) is 28.8. The van der Waals surface area contributed by atoms with E-state index in [4.69, 9.17) is 4.74 Å². The number of amides is 1. The third kappa shape index (κ3) is 5.02. The van der Waals surface area contributed by atoms with Crippen molar-refractivity contribution < 1.29 is 22.7 Å². The van der Waals surface area contributed by atoms with Gasteiger partial charge >= 0.3 is 11.9 Å². The molecule has 0 aliphatic rings. The highest BCUT2D eigenvalue weighted by atomic mass is 32.1. The maximum atomic E-state index is 13.9. The van der Waals surface area contributed by atoms with Gasteiger partial charge in [-0.15, -0.1) is 10.2 Å². The molecule has 0 bridgehead atoms. The minimum Gasteiger partial charge on any atom is -0.383 e. The fraction of sp³-hybridized carbons (Fsp3) is 0.269. The van der Waals surface area contributed by atoms with E-state index in [2.05, 4.69) is 20.6 Å². The van der Waals surface area contributed by atoms with Crippen molar-refractivity contribution in [3.63, 3.8) is 0 Å². The summed E-state index contributed by atoms with van der Waals surface area (Å²) in [5.41, 5.74) is 0.748. The fourth-order valence-electron chi connectivity index (χ4n) is 4.58. The number of hydrogen-bond acceptors (Lipinski definition) is 7. The maximum Gasteiger partial charge on any atom is 0.416 e. The Labute approximate surface area is 229 Å². The van der Waals surface area contributed by atoms with Crippen LogP contribution in [0.1, 0.15) is 26.8 Å². The highest BCUT2D eigenvalue weighted by molar-refractivity contribution is 7.15. The smallest absolute Gasteiger partial charge is 0.383 e. The molecule has 0 aliphatic heterocycles. The molecule has 14 heteroatoms. The van der Waals surface area contributed by atoms with Crippen LogP contribution in [0.2, 0.25) is 0 Å². The monoisotopic (exact) mass is 571 g/mol. The predicted molar refractivity (Wildman–Crippen MR) is 144 cm³/mol. The molecule has 40 heavy (non-hydrogen) atoms. The lowest BCUT2D eigenvalue weighted by Crippen LogP contribution is -2.21. The van der Waals surface area contributed by atoms with Gasteiger partial charge in [-0.3, -0.25) is 10.1 Å². The van der Waals surface area contributed by atoms with E-state index in [0.29, 0.717) is 33.3 Å². The van der Waals surface area contributed by atoms with Crippen LogP contribution in [-0.4, -0.2) is 48.7 Å². The normalized spacial score (nSPS) is 11.9. The first-order valence-electron chi connectivity index (χ1n) is 12.1. The van der Waals surface area contributed by atoms with Crippen LogP contribution >= 0.6 is 11.3 Å². The first kappa shape index (κ1) is 27.3. The summed E-state index contributed by atoms with van der Waals surface area (Å²) in [5.74, 6) is -0.229. The summed E-state index contributed by atoms with van der Waals surface area (Å²) < 4.78 is 51.4. The lowest BCUT2D eigenvalue weighted by Gasteiger charge is -2.15. The van der Waals surface area contributed by atoms with E-state index >= 15 is 0 Å². The minimum absolute atomic E-state index is 0.158. The van der Waals surface area contributed by atoms with Crippen LogP contribution in [0.4, 0.5) is 18.3 Å². The van der Waals surface area contributed by atoms with Gasteiger partial charge in [-0.1, -0.05) is 23.5 Å². The molecule has 0 unspecified atom stereocenters. The van der Waals surface area contributed by atoms with Gasteiger partial charge in [0.05, 0.1) is 28.9 Å². The Morgan fingerprint density at radius 3 is 2.40 bits per heavy atom. The van der Waals surface area contributed by atoms with E-state index in [9.17, 15) is 22.8 Å². The third-order valence-electron chi connectivity index (χ3n) is 6.34. The van der Waals surface area contributed by atoms with E-state index in [0.717, 1.165) is 23.5 Å². The fourth-order valence-corrected chi connectivity index (χ4v) is 5.17. The standard InChI is InChI=1S/C26H24F3N7O3S/c1-14-33-34(3)25(38)36(14)19-7-5-16(6-8-19)21-12-17-11-18(26(27,28)29)13-20(22(17)35(21)9-10-39-4)23(37)30-24-32-31-15(2)40-24/h5-8,11-13H,9-10H2,1-4H3,(H,30,32,37). The lowest BCUT2D eigenvalue weighted by atomic mass is 10.0. The molecule has 3 aromatic heterocycles. The van der Waals surface area contributed by atoms with E-state index < -0.39 is 17.6 Å². The molecule has 0 saturated carbocycles. The van der Waals surface area contributed by atoms with E-state index in [-0.39, 0.29) is 34.9 Å². The molecule has 0 spiro atoms. The Morgan fingerprint density at radius 1 is 1.10 bits per heavy atom. The van der Waals surface area contributed by atoms with Crippen molar-refractivity contribution in [2.75, 3.05) is 19.0 Å². The second kappa shape index (κ2) is 10.4. The molecule has 208 valence electrons. The highest BCUT2D eigenvalue weighted by Crippen LogP contribution is 2.37. The summed E-state index contributed by atoms with van der Waals surface area (Å²) in [7, 11) is 3.07. The van der Waals surface area contributed by atoms with Gasteiger partial charge in [0.2, 0.25) is 5.13 Å². The SMILES string of the molecule is COCCn1c(-c2ccc(-n3c(C)nn(C)c3=O)cc2)cc2cc(C(F)(F)F)cc(C(=O)Nc3nnc(C)s3)c21. The minimum atomic E-state index is -4.67. The Bertz CT molecular complexity index is 1780. The van der Waals surface area contributed by atoms with Crippen molar-refractivity contribution in [2.24, 2.45) is 7.05 Å². The van der Waals surface area contributed by atoms with Crippen LogP contribution in [0, 0.1) is 13.8 Å². The van der Waals surface area contributed by atoms with Gasteiger partial charge in [0.1, 0.15) is 10.8 Å². The molecule has 1 amide bonds. The maximum absolute atomic E-state index is 13.9. The van der Waals surface area contributed by atoms with Gasteiger partial charge < -0.3 is 9.30 Å². The second-order valence-electron chi connectivity index (χ2n) is 9.05. The summed E-state index contributed by atoms with van der Waals surface area (Å²) in [4.78, 5) is 25.8. The molecule has 0 aliphatic carbocycles. The van der Waals surface area contributed by atoms with Gasteiger partial charge in [0, 0.05) is 31.8 Å². The van der Waals surface area contributed by atoms with Crippen LogP contribution in [-0.2, 0) is 24.5 Å². The van der Waals surface area contributed by atoms with Gasteiger partial charge in [0.15, 0.2) is 0 Å². The zero-order valence-corrected chi connectivity index (χ0v) is 22.7. The van der Waals surface area contributed by atoms with Crippen molar-refractivity contribution in [3.05, 3.63) is 74.9 Å². The van der Waals surface area contributed by atoms with Crippen molar-refractivity contribution in [2.45, 2.75) is 26.6 Å². The highest BCUT2D eigenvalue weighted by Gasteiger charge is 2.33. The van der Waals surface area contributed by atoms with Crippen molar-refractivity contribution in [3.8, 4) is 16.9 Å². The second-order valence-corrected chi connectivity index (χ2v) is 10.2. The summed E-state index contributed by atoms with van der Waals surface area (Å²) in [6.45, 7) is 3.93. The first-order chi connectivity index (χ1) is 19.0.